The molecular formula is C10H20N4. The van der Waals surface area contributed by atoms with Crippen LogP contribution in [0.15, 0.2) is 6.20 Å². The van der Waals surface area contributed by atoms with Crippen LogP contribution in [0.3, 0.4) is 0 Å². The maximum atomic E-state index is 5.74. The average Bonchev–Trinajstić information content (AvgIpc) is 2.42. The van der Waals surface area contributed by atoms with Gasteiger partial charge in [0.1, 0.15) is 5.82 Å². The first-order valence-corrected chi connectivity index (χ1v) is 4.97. The van der Waals surface area contributed by atoms with Gasteiger partial charge in [0.15, 0.2) is 0 Å². The lowest BCUT2D eigenvalue weighted by molar-refractivity contribution is 0.375. The Hall–Kier alpha value is -1.03. The van der Waals surface area contributed by atoms with Gasteiger partial charge < -0.3 is 11.1 Å². The third kappa shape index (κ3) is 2.73. The Kier molecular flexibility index (Phi) is 3.16. The van der Waals surface area contributed by atoms with E-state index in [0.29, 0.717) is 5.82 Å². The summed E-state index contributed by atoms with van der Waals surface area (Å²) >= 11 is 0. The summed E-state index contributed by atoms with van der Waals surface area (Å²) in [5, 5.41) is 7.54. The zero-order valence-corrected chi connectivity index (χ0v) is 9.46. The molecule has 80 valence electrons. The highest BCUT2D eigenvalue weighted by Gasteiger charge is 2.14. The second-order valence-corrected chi connectivity index (χ2v) is 4.30. The molecule has 0 atom stereocenters. The highest BCUT2D eigenvalue weighted by atomic mass is 15.3. The molecule has 1 aromatic rings. The van der Waals surface area contributed by atoms with Gasteiger partial charge in [-0.3, -0.25) is 4.68 Å². The number of aromatic nitrogens is 2. The van der Waals surface area contributed by atoms with Gasteiger partial charge in [-0.15, -0.1) is 0 Å². The first-order chi connectivity index (χ1) is 6.44. The number of rotatable bonds is 4. The Balaban J connectivity index is 2.58. The number of nitrogens with two attached hydrogens (primary N) is 1. The van der Waals surface area contributed by atoms with E-state index < -0.39 is 0 Å². The van der Waals surface area contributed by atoms with Crippen LogP contribution in [0.4, 0.5) is 5.82 Å². The molecule has 1 heterocycles. The second kappa shape index (κ2) is 4.00. The maximum Gasteiger partial charge on any atom is 0.149 e. The molecule has 0 unspecified atom stereocenters. The zero-order valence-electron chi connectivity index (χ0n) is 9.46. The smallest absolute Gasteiger partial charge is 0.149 e. The summed E-state index contributed by atoms with van der Waals surface area (Å²) < 4.78 is 1.74. The van der Waals surface area contributed by atoms with Crippen molar-refractivity contribution < 1.29 is 0 Å². The SMILES string of the molecule is CCC(C)(C)NCc1cn(C)nc1N. The second-order valence-electron chi connectivity index (χ2n) is 4.30. The minimum absolute atomic E-state index is 0.155. The van der Waals surface area contributed by atoms with Crippen molar-refractivity contribution in [3.8, 4) is 0 Å². The molecule has 0 spiro atoms. The molecule has 0 radical (unpaired) electrons. The van der Waals surface area contributed by atoms with Gasteiger partial charge in [-0.05, 0) is 20.3 Å². The number of hydrogen-bond donors (Lipinski definition) is 2. The standard InChI is InChI=1S/C10H20N4/c1-5-10(2,3)12-6-8-7-14(4)13-9(8)11/h7,12H,5-6H2,1-4H3,(H2,11,13). The van der Waals surface area contributed by atoms with Crippen molar-refractivity contribution in [2.75, 3.05) is 5.73 Å². The molecule has 1 aromatic heterocycles. The molecule has 4 nitrogen and oxygen atoms in total. The van der Waals surface area contributed by atoms with Crippen LogP contribution in [0.25, 0.3) is 0 Å². The summed E-state index contributed by atoms with van der Waals surface area (Å²) in [6.07, 6.45) is 3.04. The Labute approximate surface area is 85.5 Å². The highest BCUT2D eigenvalue weighted by Crippen LogP contribution is 2.12. The zero-order chi connectivity index (χ0) is 10.8. The molecule has 14 heavy (non-hydrogen) atoms. The van der Waals surface area contributed by atoms with Crippen molar-refractivity contribution in [2.45, 2.75) is 39.3 Å². The number of nitrogens with one attached hydrogen (secondary N) is 1. The van der Waals surface area contributed by atoms with Gasteiger partial charge in [-0.25, -0.2) is 0 Å². The molecule has 1 rings (SSSR count). The van der Waals surface area contributed by atoms with Gasteiger partial charge in [0, 0.05) is 30.9 Å². The number of nitrogen functional groups attached to an aromatic ring is 1. The fourth-order valence-electron chi connectivity index (χ4n) is 1.15. The van der Waals surface area contributed by atoms with E-state index in [2.05, 4.69) is 31.2 Å². The molecule has 0 amide bonds. The molecule has 4 heteroatoms. The van der Waals surface area contributed by atoms with Crippen molar-refractivity contribution in [3.05, 3.63) is 11.8 Å². The van der Waals surface area contributed by atoms with Crippen LogP contribution in [0.5, 0.6) is 0 Å². The maximum absolute atomic E-state index is 5.74. The van der Waals surface area contributed by atoms with Gasteiger partial charge in [-0.2, -0.15) is 5.10 Å². The lowest BCUT2D eigenvalue weighted by Crippen LogP contribution is -2.37. The molecule has 3 N–H and O–H groups in total. The largest absolute Gasteiger partial charge is 0.382 e. The first kappa shape index (κ1) is 11.0. The van der Waals surface area contributed by atoms with E-state index in [1.54, 1.807) is 4.68 Å². The Morgan fingerprint density at radius 2 is 2.21 bits per heavy atom. The van der Waals surface area contributed by atoms with Crippen LogP contribution in [0.1, 0.15) is 32.8 Å². The van der Waals surface area contributed by atoms with Crippen molar-refractivity contribution in [2.24, 2.45) is 7.05 Å². The summed E-state index contributed by atoms with van der Waals surface area (Å²) in [7, 11) is 1.88. The van der Waals surface area contributed by atoms with Crippen LogP contribution >= 0.6 is 0 Å². The molecule has 0 aromatic carbocycles. The van der Waals surface area contributed by atoms with Crippen LogP contribution in [0, 0.1) is 0 Å². The molecule has 0 fully saturated rings. The fraction of sp³-hybridized carbons (Fsp3) is 0.700. The monoisotopic (exact) mass is 196 g/mol. The minimum atomic E-state index is 0.155. The first-order valence-electron chi connectivity index (χ1n) is 4.97. The highest BCUT2D eigenvalue weighted by molar-refractivity contribution is 5.37. The molecular weight excluding hydrogens is 176 g/mol. The summed E-state index contributed by atoms with van der Waals surface area (Å²) in [6.45, 7) is 7.30. The average molecular weight is 196 g/mol. The quantitative estimate of drug-likeness (QED) is 0.762. The molecule has 0 aliphatic heterocycles. The van der Waals surface area contributed by atoms with Crippen LogP contribution < -0.4 is 11.1 Å². The predicted molar refractivity (Wildman–Crippen MR) is 58.8 cm³/mol. The Morgan fingerprint density at radius 1 is 1.57 bits per heavy atom. The third-order valence-electron chi connectivity index (χ3n) is 2.58. The molecule has 0 bridgehead atoms. The predicted octanol–water partition coefficient (Wildman–Crippen LogP) is 1.28. The van der Waals surface area contributed by atoms with Crippen molar-refractivity contribution in [1.29, 1.82) is 0 Å². The van der Waals surface area contributed by atoms with E-state index in [1.807, 2.05) is 13.2 Å². The molecule has 0 aliphatic rings. The van der Waals surface area contributed by atoms with Gasteiger partial charge >= 0.3 is 0 Å². The molecule has 0 aliphatic carbocycles. The lowest BCUT2D eigenvalue weighted by Gasteiger charge is -2.24. The van der Waals surface area contributed by atoms with Crippen molar-refractivity contribution >= 4 is 5.82 Å². The topological polar surface area (TPSA) is 55.9 Å². The van der Waals surface area contributed by atoms with E-state index in [9.17, 15) is 0 Å². The van der Waals surface area contributed by atoms with Crippen molar-refractivity contribution in [3.63, 3.8) is 0 Å². The van der Waals surface area contributed by atoms with Crippen molar-refractivity contribution in [1.82, 2.24) is 15.1 Å². The van der Waals surface area contributed by atoms with E-state index in [-0.39, 0.29) is 5.54 Å². The third-order valence-corrected chi connectivity index (χ3v) is 2.58. The van der Waals surface area contributed by atoms with E-state index in [1.165, 1.54) is 0 Å². The lowest BCUT2D eigenvalue weighted by atomic mass is 10.0. The molecule has 0 saturated heterocycles. The van der Waals surface area contributed by atoms with Crippen LogP contribution in [0.2, 0.25) is 0 Å². The number of hydrogen-bond acceptors (Lipinski definition) is 3. The van der Waals surface area contributed by atoms with Gasteiger partial charge in [0.05, 0.1) is 0 Å². The van der Waals surface area contributed by atoms with Crippen LogP contribution in [-0.4, -0.2) is 15.3 Å². The normalized spacial score (nSPS) is 12.0. The number of anilines is 1. The Morgan fingerprint density at radius 3 is 2.64 bits per heavy atom. The summed E-state index contributed by atoms with van der Waals surface area (Å²) in [4.78, 5) is 0. The van der Waals surface area contributed by atoms with E-state index >= 15 is 0 Å². The Bertz CT molecular complexity index is 301. The van der Waals surface area contributed by atoms with Gasteiger partial charge in [0.25, 0.3) is 0 Å². The number of nitrogens with zero attached hydrogens (tertiary/aromatic N) is 2. The van der Waals surface area contributed by atoms with Gasteiger partial charge in [-0.1, -0.05) is 6.92 Å². The minimum Gasteiger partial charge on any atom is -0.382 e. The van der Waals surface area contributed by atoms with Gasteiger partial charge in [0.2, 0.25) is 0 Å². The fourth-order valence-corrected chi connectivity index (χ4v) is 1.15. The van der Waals surface area contributed by atoms with Crippen LogP contribution in [-0.2, 0) is 13.6 Å². The summed E-state index contributed by atoms with van der Waals surface area (Å²) in [5.41, 5.74) is 6.96. The summed E-state index contributed by atoms with van der Waals surface area (Å²) in [5.74, 6) is 0.618. The number of aryl methyl sites for hydroxylation is 1. The molecule has 0 saturated carbocycles. The van der Waals surface area contributed by atoms with E-state index in [0.717, 1.165) is 18.5 Å². The summed E-state index contributed by atoms with van der Waals surface area (Å²) in [6, 6.07) is 0. The van der Waals surface area contributed by atoms with E-state index in [4.69, 9.17) is 5.73 Å².